The number of nitrogens with zero attached hydrogens (tertiary/aromatic N) is 1. The molecule has 1 saturated heterocycles. The molecule has 0 spiro atoms. The Kier molecular flexibility index (Phi) is 5.92. The number of amides is 3. The van der Waals surface area contributed by atoms with Gasteiger partial charge in [-0.15, -0.1) is 0 Å². The number of aryl methyl sites for hydroxylation is 1. The second kappa shape index (κ2) is 8.55. The molecule has 0 saturated carbocycles. The third-order valence-corrected chi connectivity index (χ3v) is 4.59. The fraction of sp³-hybridized carbons (Fsp3) is 0.238. The minimum absolute atomic E-state index is 0.0856. The summed E-state index contributed by atoms with van der Waals surface area (Å²) in [6, 6.07) is 11.1. The van der Waals surface area contributed by atoms with Crippen LogP contribution in [-0.4, -0.2) is 37.3 Å². The molecule has 1 heterocycles. The van der Waals surface area contributed by atoms with E-state index in [1.165, 1.54) is 31.4 Å². The van der Waals surface area contributed by atoms with Crippen LogP contribution >= 0.6 is 0 Å². The van der Waals surface area contributed by atoms with Crippen molar-refractivity contribution in [1.29, 1.82) is 0 Å². The van der Waals surface area contributed by atoms with Gasteiger partial charge in [0.25, 0.3) is 0 Å². The Bertz CT molecular complexity index is 969. The number of ether oxygens (including phenoxy) is 1. The molecule has 0 radical (unpaired) electrons. The number of anilines is 3. The summed E-state index contributed by atoms with van der Waals surface area (Å²) in [6.07, 6.45) is 1.37. The summed E-state index contributed by atoms with van der Waals surface area (Å²) in [7, 11) is 1.28. The number of hydrogen-bond acceptors (Lipinski definition) is 5. The van der Waals surface area contributed by atoms with E-state index in [2.05, 4.69) is 15.4 Å². The van der Waals surface area contributed by atoms with Gasteiger partial charge in [-0.2, -0.15) is 0 Å². The maximum atomic E-state index is 12.2. The molecule has 2 aromatic carbocycles. The summed E-state index contributed by atoms with van der Waals surface area (Å²) in [5.74, 6) is -2.07. The lowest BCUT2D eigenvalue weighted by atomic mass is 10.1. The maximum absolute atomic E-state index is 12.2. The minimum Gasteiger partial charge on any atom is -0.465 e. The summed E-state index contributed by atoms with van der Waals surface area (Å²) in [6.45, 7) is 2.53. The molecule has 1 aliphatic heterocycles. The first kappa shape index (κ1) is 20.1. The maximum Gasteiger partial charge on any atom is 0.337 e. The van der Waals surface area contributed by atoms with Crippen LogP contribution in [0.2, 0.25) is 0 Å². The molecule has 0 aromatic heterocycles. The number of benzene rings is 2. The molecule has 3 amide bonds. The zero-order chi connectivity index (χ0) is 21.0. The molecule has 1 fully saturated rings. The largest absolute Gasteiger partial charge is 0.465 e. The Morgan fingerprint density at radius 2 is 1.59 bits per heavy atom. The number of carbonyl (C=O) groups excluding carboxylic acids is 4. The molecule has 8 nitrogen and oxygen atoms in total. The first-order chi connectivity index (χ1) is 13.9. The quantitative estimate of drug-likeness (QED) is 0.611. The fourth-order valence-electron chi connectivity index (χ4n) is 3.12. The van der Waals surface area contributed by atoms with E-state index in [0.29, 0.717) is 29.9 Å². The lowest BCUT2D eigenvalue weighted by molar-refractivity contribution is -0.132. The smallest absolute Gasteiger partial charge is 0.337 e. The molecule has 0 atom stereocenters. The van der Waals surface area contributed by atoms with E-state index in [1.54, 1.807) is 23.1 Å². The van der Waals surface area contributed by atoms with Crippen LogP contribution in [0.1, 0.15) is 28.8 Å². The van der Waals surface area contributed by atoms with Gasteiger partial charge in [0.05, 0.1) is 12.7 Å². The van der Waals surface area contributed by atoms with Crippen LogP contribution in [0.15, 0.2) is 42.5 Å². The second-order valence-electron chi connectivity index (χ2n) is 6.63. The molecule has 8 heteroatoms. The van der Waals surface area contributed by atoms with Crippen LogP contribution in [0, 0.1) is 6.92 Å². The molecule has 0 unspecified atom stereocenters. The van der Waals surface area contributed by atoms with Gasteiger partial charge in [0.1, 0.15) is 0 Å². The van der Waals surface area contributed by atoms with E-state index in [1.807, 2.05) is 6.92 Å². The van der Waals surface area contributed by atoms with Crippen LogP contribution in [0.3, 0.4) is 0 Å². The van der Waals surface area contributed by atoms with Gasteiger partial charge in [0.15, 0.2) is 0 Å². The van der Waals surface area contributed by atoms with Gasteiger partial charge in [0.2, 0.25) is 5.91 Å². The summed E-state index contributed by atoms with van der Waals surface area (Å²) >= 11 is 0. The summed E-state index contributed by atoms with van der Waals surface area (Å²) in [5, 5.41) is 5.01. The molecular formula is C21H21N3O5. The topological polar surface area (TPSA) is 105 Å². The van der Waals surface area contributed by atoms with E-state index in [4.69, 9.17) is 0 Å². The molecule has 1 aliphatic rings. The van der Waals surface area contributed by atoms with Crippen LogP contribution in [-0.2, 0) is 19.1 Å². The highest BCUT2D eigenvalue weighted by atomic mass is 16.5. The Hall–Kier alpha value is -3.68. The van der Waals surface area contributed by atoms with Crippen molar-refractivity contribution >= 4 is 40.8 Å². The molecule has 2 N–H and O–H groups in total. The standard InChI is InChI=1S/C21H21N3O5/c1-13-12-16(9-10-17(13)24-11-3-4-18(24)25)23-20(27)19(26)22-15-7-5-14(6-8-15)21(28)29-2/h5-10,12H,3-4,11H2,1-2H3,(H,22,26)(H,23,27). The molecule has 3 rings (SSSR count). The molecular weight excluding hydrogens is 374 g/mol. The Morgan fingerprint density at radius 3 is 2.14 bits per heavy atom. The molecule has 29 heavy (non-hydrogen) atoms. The zero-order valence-corrected chi connectivity index (χ0v) is 16.2. The van der Waals surface area contributed by atoms with Gasteiger partial charge in [-0.05, 0) is 61.4 Å². The molecule has 150 valence electrons. The Morgan fingerprint density at radius 1 is 0.966 bits per heavy atom. The predicted molar refractivity (Wildman–Crippen MR) is 108 cm³/mol. The molecule has 0 aliphatic carbocycles. The predicted octanol–water partition coefficient (Wildman–Crippen LogP) is 2.49. The van der Waals surface area contributed by atoms with Gasteiger partial charge < -0.3 is 20.3 Å². The number of rotatable bonds is 4. The highest BCUT2D eigenvalue weighted by molar-refractivity contribution is 6.43. The third kappa shape index (κ3) is 4.60. The first-order valence-electron chi connectivity index (χ1n) is 9.11. The first-order valence-corrected chi connectivity index (χ1v) is 9.11. The van der Waals surface area contributed by atoms with Crippen molar-refractivity contribution in [2.24, 2.45) is 0 Å². The molecule has 2 aromatic rings. The highest BCUT2D eigenvalue weighted by Crippen LogP contribution is 2.27. The van der Waals surface area contributed by atoms with Crippen molar-refractivity contribution in [2.75, 3.05) is 29.2 Å². The normalized spacial score (nSPS) is 13.2. The average molecular weight is 395 g/mol. The van der Waals surface area contributed by atoms with Gasteiger partial charge in [-0.1, -0.05) is 0 Å². The van der Waals surface area contributed by atoms with Gasteiger partial charge in [0, 0.05) is 30.0 Å². The van der Waals surface area contributed by atoms with E-state index >= 15 is 0 Å². The van der Waals surface area contributed by atoms with Crippen molar-refractivity contribution in [3.8, 4) is 0 Å². The summed E-state index contributed by atoms with van der Waals surface area (Å²) in [4.78, 5) is 49.4. The monoisotopic (exact) mass is 395 g/mol. The lowest BCUT2D eigenvalue weighted by Crippen LogP contribution is -2.29. The van der Waals surface area contributed by atoms with Gasteiger partial charge in [-0.3, -0.25) is 14.4 Å². The highest BCUT2D eigenvalue weighted by Gasteiger charge is 2.23. The van der Waals surface area contributed by atoms with Crippen molar-refractivity contribution in [1.82, 2.24) is 0 Å². The lowest BCUT2D eigenvalue weighted by Gasteiger charge is -2.19. The van der Waals surface area contributed by atoms with Crippen molar-refractivity contribution < 1.29 is 23.9 Å². The van der Waals surface area contributed by atoms with Gasteiger partial charge in [-0.25, -0.2) is 4.79 Å². The van der Waals surface area contributed by atoms with Crippen LogP contribution in [0.4, 0.5) is 17.1 Å². The number of hydrogen-bond donors (Lipinski definition) is 2. The van der Waals surface area contributed by atoms with Crippen molar-refractivity contribution in [2.45, 2.75) is 19.8 Å². The van der Waals surface area contributed by atoms with E-state index in [0.717, 1.165) is 17.7 Å². The Balaban J connectivity index is 1.62. The van der Waals surface area contributed by atoms with E-state index in [9.17, 15) is 19.2 Å². The molecule has 0 bridgehead atoms. The minimum atomic E-state index is -0.840. The van der Waals surface area contributed by atoms with Crippen LogP contribution < -0.4 is 15.5 Å². The third-order valence-electron chi connectivity index (χ3n) is 4.59. The number of esters is 1. The van der Waals surface area contributed by atoms with Crippen LogP contribution in [0.25, 0.3) is 0 Å². The van der Waals surface area contributed by atoms with E-state index < -0.39 is 17.8 Å². The number of nitrogens with one attached hydrogen (secondary N) is 2. The second-order valence-corrected chi connectivity index (χ2v) is 6.63. The zero-order valence-electron chi connectivity index (χ0n) is 16.2. The van der Waals surface area contributed by atoms with Crippen molar-refractivity contribution in [3.63, 3.8) is 0 Å². The summed E-state index contributed by atoms with van der Waals surface area (Å²) < 4.78 is 4.61. The SMILES string of the molecule is COC(=O)c1ccc(NC(=O)C(=O)Nc2ccc(N3CCCC3=O)c(C)c2)cc1. The van der Waals surface area contributed by atoms with Crippen molar-refractivity contribution in [3.05, 3.63) is 53.6 Å². The number of methoxy groups -OCH3 is 1. The van der Waals surface area contributed by atoms with Crippen LogP contribution in [0.5, 0.6) is 0 Å². The number of carbonyl (C=O) groups is 4. The Labute approximate surface area is 167 Å². The van der Waals surface area contributed by atoms with Gasteiger partial charge >= 0.3 is 17.8 Å². The fourth-order valence-corrected chi connectivity index (χ4v) is 3.12. The summed E-state index contributed by atoms with van der Waals surface area (Å²) in [5.41, 5.74) is 2.80. The average Bonchev–Trinajstić information content (AvgIpc) is 3.13. The van der Waals surface area contributed by atoms with E-state index in [-0.39, 0.29) is 5.91 Å².